The van der Waals surface area contributed by atoms with Crippen LogP contribution in [0.25, 0.3) is 16.9 Å². The van der Waals surface area contributed by atoms with E-state index in [4.69, 9.17) is 9.15 Å². The number of anilines is 3. The maximum absolute atomic E-state index is 12.4. The van der Waals surface area contributed by atoms with Gasteiger partial charge in [0.1, 0.15) is 5.76 Å². The van der Waals surface area contributed by atoms with Gasteiger partial charge in [0.15, 0.2) is 0 Å². The van der Waals surface area contributed by atoms with Crippen molar-refractivity contribution in [3.63, 3.8) is 0 Å². The summed E-state index contributed by atoms with van der Waals surface area (Å²) in [6, 6.07) is 17.8. The number of nitrogens with one attached hydrogen (secondary N) is 2. The first-order chi connectivity index (χ1) is 14.3. The number of carbonyl (C=O) groups is 1. The molecule has 0 aliphatic carbocycles. The first-order valence-corrected chi connectivity index (χ1v) is 9.67. The Hall–Kier alpha value is -3.51. The number of morpholine rings is 1. The van der Waals surface area contributed by atoms with Crippen LogP contribution >= 0.6 is 0 Å². The zero-order chi connectivity index (χ0) is 19.6. The number of furan rings is 1. The third-order valence-corrected chi connectivity index (χ3v) is 5.23. The molecule has 1 amide bonds. The van der Waals surface area contributed by atoms with Gasteiger partial charge in [-0.15, -0.1) is 0 Å². The van der Waals surface area contributed by atoms with E-state index in [1.165, 1.54) is 5.69 Å². The van der Waals surface area contributed by atoms with Crippen LogP contribution < -0.4 is 15.5 Å². The average Bonchev–Trinajstić information content (AvgIpc) is 3.40. The highest BCUT2D eigenvalue weighted by atomic mass is 16.5. The molecule has 1 aromatic heterocycles. The van der Waals surface area contributed by atoms with Crippen molar-refractivity contribution in [1.29, 1.82) is 0 Å². The second-order valence-electron chi connectivity index (χ2n) is 7.04. The maximum atomic E-state index is 12.4. The number of carbonyl (C=O) groups excluding carboxylic acids is 1. The summed E-state index contributed by atoms with van der Waals surface area (Å²) >= 11 is 0. The zero-order valence-electron chi connectivity index (χ0n) is 15.9. The standard InChI is InChI=1S/C23H21N3O3/c27-23-20(19-8-3-16(14-21(19)25-23)22-2-1-11-29-22)15-24-17-4-6-18(7-5-17)26-9-12-28-13-10-26/h1-8,11,14-15,24H,9-10,12-13H2,(H,25,27)/b20-15-. The van der Waals surface area contributed by atoms with Crippen LogP contribution in [0.15, 0.2) is 71.5 Å². The fraction of sp³-hybridized carbons (Fsp3) is 0.174. The first kappa shape index (κ1) is 17.6. The predicted octanol–water partition coefficient (Wildman–Crippen LogP) is 4.19. The van der Waals surface area contributed by atoms with Crippen LogP contribution in [0, 0.1) is 0 Å². The van der Waals surface area contributed by atoms with Crippen LogP contribution in [0.5, 0.6) is 0 Å². The Bertz CT molecular complexity index is 1050. The van der Waals surface area contributed by atoms with Gasteiger partial charge in [0.2, 0.25) is 0 Å². The molecule has 0 bridgehead atoms. The van der Waals surface area contributed by atoms with Crippen LogP contribution in [-0.4, -0.2) is 32.2 Å². The van der Waals surface area contributed by atoms with E-state index in [0.717, 1.165) is 54.6 Å². The summed E-state index contributed by atoms with van der Waals surface area (Å²) in [4.78, 5) is 14.8. The Morgan fingerprint density at radius 2 is 1.86 bits per heavy atom. The predicted molar refractivity (Wildman–Crippen MR) is 114 cm³/mol. The van der Waals surface area contributed by atoms with Crippen molar-refractivity contribution in [1.82, 2.24) is 0 Å². The van der Waals surface area contributed by atoms with Gasteiger partial charge < -0.3 is 24.7 Å². The second kappa shape index (κ2) is 7.48. The van der Waals surface area contributed by atoms with Crippen LogP contribution in [0.4, 0.5) is 17.1 Å². The van der Waals surface area contributed by atoms with Gasteiger partial charge in [-0.2, -0.15) is 0 Å². The summed E-state index contributed by atoms with van der Waals surface area (Å²) in [5.41, 5.74) is 5.33. The molecule has 3 aromatic rings. The molecule has 2 aromatic carbocycles. The number of benzene rings is 2. The van der Waals surface area contributed by atoms with Crippen molar-refractivity contribution >= 4 is 28.5 Å². The number of amides is 1. The van der Waals surface area contributed by atoms with E-state index in [-0.39, 0.29) is 5.91 Å². The highest BCUT2D eigenvalue weighted by Gasteiger charge is 2.24. The van der Waals surface area contributed by atoms with Gasteiger partial charge in [0.05, 0.1) is 25.1 Å². The molecule has 2 aliphatic rings. The molecule has 2 aliphatic heterocycles. The van der Waals surface area contributed by atoms with E-state index in [1.54, 1.807) is 12.5 Å². The Balaban J connectivity index is 1.33. The van der Waals surface area contributed by atoms with Crippen molar-refractivity contribution < 1.29 is 13.9 Å². The van der Waals surface area contributed by atoms with Crippen LogP contribution in [0.3, 0.4) is 0 Å². The van der Waals surface area contributed by atoms with Gasteiger partial charge in [-0.25, -0.2) is 0 Å². The third-order valence-electron chi connectivity index (χ3n) is 5.23. The van der Waals surface area contributed by atoms with Gasteiger partial charge in [-0.3, -0.25) is 4.79 Å². The maximum Gasteiger partial charge on any atom is 0.257 e. The summed E-state index contributed by atoms with van der Waals surface area (Å²) in [6.07, 6.45) is 3.40. The molecule has 0 unspecified atom stereocenters. The lowest BCUT2D eigenvalue weighted by molar-refractivity contribution is -0.110. The monoisotopic (exact) mass is 387 g/mol. The third kappa shape index (κ3) is 3.50. The molecule has 29 heavy (non-hydrogen) atoms. The van der Waals surface area contributed by atoms with E-state index in [0.29, 0.717) is 5.57 Å². The van der Waals surface area contributed by atoms with Gasteiger partial charge in [-0.05, 0) is 42.5 Å². The normalized spacial score (nSPS) is 17.3. The molecule has 0 radical (unpaired) electrons. The number of hydrogen-bond donors (Lipinski definition) is 2. The Morgan fingerprint density at radius 3 is 2.62 bits per heavy atom. The summed E-state index contributed by atoms with van der Waals surface area (Å²) in [5, 5.41) is 6.18. The minimum absolute atomic E-state index is 0.117. The van der Waals surface area contributed by atoms with Crippen molar-refractivity contribution in [2.24, 2.45) is 0 Å². The number of hydrogen-bond acceptors (Lipinski definition) is 5. The Labute approximate surface area is 168 Å². The zero-order valence-corrected chi connectivity index (χ0v) is 15.9. The van der Waals surface area contributed by atoms with Crippen molar-refractivity contribution in [2.45, 2.75) is 0 Å². The molecular weight excluding hydrogens is 366 g/mol. The first-order valence-electron chi connectivity index (χ1n) is 9.67. The average molecular weight is 387 g/mol. The molecule has 0 spiro atoms. The van der Waals surface area contributed by atoms with Crippen LogP contribution in [0.1, 0.15) is 5.56 Å². The number of nitrogens with zero attached hydrogens (tertiary/aromatic N) is 1. The quantitative estimate of drug-likeness (QED) is 0.657. The van der Waals surface area contributed by atoms with E-state index < -0.39 is 0 Å². The SMILES string of the molecule is O=C1Nc2cc(-c3ccco3)ccc2/C1=C/Nc1ccc(N2CCOCC2)cc1. The number of rotatable bonds is 4. The summed E-state index contributed by atoms with van der Waals surface area (Å²) < 4.78 is 10.8. The van der Waals surface area contributed by atoms with Crippen LogP contribution in [-0.2, 0) is 9.53 Å². The molecule has 1 fully saturated rings. The lowest BCUT2D eigenvalue weighted by Crippen LogP contribution is -2.36. The molecule has 1 saturated heterocycles. The Morgan fingerprint density at radius 1 is 1.03 bits per heavy atom. The largest absolute Gasteiger partial charge is 0.464 e. The van der Waals surface area contributed by atoms with E-state index in [1.807, 2.05) is 42.5 Å². The molecule has 0 atom stereocenters. The number of ether oxygens (including phenoxy) is 1. The van der Waals surface area contributed by atoms with Gasteiger partial charge >= 0.3 is 0 Å². The molecule has 3 heterocycles. The highest BCUT2D eigenvalue weighted by Crippen LogP contribution is 2.35. The Kier molecular flexibility index (Phi) is 4.54. The molecule has 6 heteroatoms. The fourth-order valence-corrected chi connectivity index (χ4v) is 3.68. The van der Waals surface area contributed by atoms with Gasteiger partial charge in [0.25, 0.3) is 5.91 Å². The summed E-state index contributed by atoms with van der Waals surface area (Å²) in [6.45, 7) is 3.35. The highest BCUT2D eigenvalue weighted by molar-refractivity contribution is 6.31. The topological polar surface area (TPSA) is 66.7 Å². The fourth-order valence-electron chi connectivity index (χ4n) is 3.68. The number of fused-ring (bicyclic) bond motifs is 1. The molecule has 146 valence electrons. The van der Waals surface area contributed by atoms with Crippen LogP contribution in [0.2, 0.25) is 0 Å². The van der Waals surface area contributed by atoms with Crippen molar-refractivity contribution in [2.75, 3.05) is 41.8 Å². The minimum atomic E-state index is -0.117. The van der Waals surface area contributed by atoms with E-state index in [9.17, 15) is 4.79 Å². The molecule has 0 saturated carbocycles. The summed E-state index contributed by atoms with van der Waals surface area (Å²) in [7, 11) is 0. The second-order valence-corrected chi connectivity index (χ2v) is 7.04. The molecule has 5 rings (SSSR count). The van der Waals surface area contributed by atoms with E-state index >= 15 is 0 Å². The van der Waals surface area contributed by atoms with Gasteiger partial charge in [0, 0.05) is 47.5 Å². The van der Waals surface area contributed by atoms with Crippen molar-refractivity contribution in [3.05, 3.63) is 72.6 Å². The smallest absolute Gasteiger partial charge is 0.257 e. The lowest BCUT2D eigenvalue weighted by atomic mass is 10.0. The molecule has 2 N–H and O–H groups in total. The van der Waals surface area contributed by atoms with Gasteiger partial charge in [-0.1, -0.05) is 12.1 Å². The minimum Gasteiger partial charge on any atom is -0.464 e. The van der Waals surface area contributed by atoms with Crippen molar-refractivity contribution in [3.8, 4) is 11.3 Å². The lowest BCUT2D eigenvalue weighted by Gasteiger charge is -2.28. The van der Waals surface area contributed by atoms with E-state index in [2.05, 4.69) is 27.7 Å². The summed E-state index contributed by atoms with van der Waals surface area (Å²) in [5.74, 6) is 0.659. The molecule has 6 nitrogen and oxygen atoms in total. The molecular formula is C23H21N3O3.